The highest BCUT2D eigenvalue weighted by Crippen LogP contribution is 2.41. The van der Waals surface area contributed by atoms with Crippen molar-refractivity contribution in [2.24, 2.45) is 5.92 Å². The maximum Gasteiger partial charge on any atom is 0.411 e. The molecule has 3 fully saturated rings. The van der Waals surface area contributed by atoms with E-state index in [9.17, 15) is 14.7 Å². The molecule has 5 heterocycles. The number of H-pyrrole nitrogens is 1. The van der Waals surface area contributed by atoms with E-state index in [-0.39, 0.29) is 28.6 Å². The van der Waals surface area contributed by atoms with Gasteiger partial charge in [-0.25, -0.2) is 9.48 Å². The zero-order valence-electron chi connectivity index (χ0n) is 35.3. The Kier molecular flexibility index (Phi) is 12.0. The summed E-state index contributed by atoms with van der Waals surface area (Å²) in [5, 5.41) is 27.1. The molecule has 13 heteroatoms. The van der Waals surface area contributed by atoms with Crippen molar-refractivity contribution < 1.29 is 19.1 Å². The summed E-state index contributed by atoms with van der Waals surface area (Å²) in [6, 6.07) is 29.5. The van der Waals surface area contributed by atoms with Gasteiger partial charge in [-0.1, -0.05) is 80.6 Å². The second-order valence-corrected chi connectivity index (χ2v) is 22.7. The summed E-state index contributed by atoms with van der Waals surface area (Å²) in [6.45, 7) is 15.9. The standard InChI is InChI=1S/C47H57N7O5Si/c1-47(2,3)60(4,5)59-42(36-16-19-41(55)45-37(36)17-20-44(56)50-45)29-48-28-32-14-18-40-39(27-32)51-52-54(40)23-9-10-31-13-15-35(33-11-7-6-8-12-33)38(26-31)49-46(57)58-43-30-53-24-21-34(43)22-25-53/h6-8,11-20,26-27,34,42-43,48,55H,9-10,21-25,28-30H2,1-5H3,(H,49,57)(H,50,56)/t42-,43-/m0/s1. The number of carbonyl (C=O) groups is 1. The Balaban J connectivity index is 0.915. The molecule has 4 N–H and O–H groups in total. The largest absolute Gasteiger partial charge is 0.506 e. The number of amides is 1. The lowest BCUT2D eigenvalue weighted by molar-refractivity contribution is -0.0289. The fourth-order valence-corrected chi connectivity index (χ4v) is 9.68. The summed E-state index contributed by atoms with van der Waals surface area (Å²) in [4.78, 5) is 30.6. The smallest absolute Gasteiger partial charge is 0.411 e. The molecule has 0 spiro atoms. The lowest BCUT2D eigenvalue weighted by Crippen LogP contribution is -2.52. The average Bonchev–Trinajstić information content (AvgIpc) is 3.63. The third-order valence-corrected chi connectivity index (χ3v) is 17.3. The van der Waals surface area contributed by atoms with Crippen LogP contribution in [0.1, 0.15) is 62.8 Å². The molecule has 0 radical (unpaired) electrons. The number of aromatic hydroxyl groups is 1. The van der Waals surface area contributed by atoms with E-state index < -0.39 is 14.4 Å². The molecule has 12 nitrogen and oxygen atoms in total. The molecule has 3 aliphatic heterocycles. The third kappa shape index (κ3) is 9.19. The first kappa shape index (κ1) is 41.4. The molecule has 2 bridgehead atoms. The van der Waals surface area contributed by atoms with E-state index in [0.717, 1.165) is 95.2 Å². The van der Waals surface area contributed by atoms with Gasteiger partial charge in [-0.3, -0.25) is 15.0 Å². The molecule has 0 aliphatic carbocycles. The second kappa shape index (κ2) is 17.3. The van der Waals surface area contributed by atoms with Crippen molar-refractivity contribution in [2.45, 2.75) is 89.9 Å². The Morgan fingerprint density at radius 3 is 2.52 bits per heavy atom. The van der Waals surface area contributed by atoms with E-state index in [1.54, 1.807) is 12.1 Å². The lowest BCUT2D eigenvalue weighted by atomic mass is 9.86. The van der Waals surface area contributed by atoms with Gasteiger partial charge in [-0.05, 0) is 115 Å². The molecule has 4 aromatic carbocycles. The van der Waals surface area contributed by atoms with Gasteiger partial charge in [0.05, 0.1) is 22.8 Å². The highest BCUT2D eigenvalue weighted by Gasteiger charge is 2.40. The highest BCUT2D eigenvalue weighted by atomic mass is 28.4. The molecule has 0 saturated carbocycles. The normalized spacial score (nSPS) is 18.5. The minimum Gasteiger partial charge on any atom is -0.506 e. The second-order valence-electron chi connectivity index (χ2n) is 18.0. The van der Waals surface area contributed by atoms with Crippen molar-refractivity contribution in [1.82, 2.24) is 30.2 Å². The number of carbonyl (C=O) groups excluding carboxylic acids is 1. The van der Waals surface area contributed by atoms with E-state index in [0.29, 0.717) is 31.1 Å². The number of aromatic amines is 1. The van der Waals surface area contributed by atoms with Crippen molar-refractivity contribution in [3.8, 4) is 16.9 Å². The van der Waals surface area contributed by atoms with Gasteiger partial charge in [0.2, 0.25) is 5.56 Å². The predicted octanol–water partition coefficient (Wildman–Crippen LogP) is 8.77. The lowest BCUT2D eigenvalue weighted by Gasteiger charge is -2.43. The van der Waals surface area contributed by atoms with Crippen LogP contribution in [0, 0.1) is 5.92 Å². The van der Waals surface area contributed by atoms with Gasteiger partial charge in [-0.15, -0.1) is 5.10 Å². The number of piperidine rings is 3. The van der Waals surface area contributed by atoms with Gasteiger partial charge < -0.3 is 24.6 Å². The number of hydrogen-bond donors (Lipinski definition) is 4. The van der Waals surface area contributed by atoms with Crippen LogP contribution < -0.4 is 16.2 Å². The van der Waals surface area contributed by atoms with Crippen LogP contribution in [0.2, 0.25) is 18.1 Å². The topological polar surface area (TPSA) is 147 Å². The fraction of sp³-hybridized carbons (Fsp3) is 0.404. The number of phenolic OH excluding ortho intramolecular Hbond substituents is 1. The molecule has 3 aliphatic rings. The van der Waals surface area contributed by atoms with Gasteiger partial charge >= 0.3 is 6.09 Å². The maximum absolute atomic E-state index is 13.3. The number of nitrogens with zero attached hydrogens (tertiary/aromatic N) is 4. The van der Waals surface area contributed by atoms with E-state index in [4.69, 9.17) is 9.16 Å². The zero-order valence-corrected chi connectivity index (χ0v) is 36.3. The molecule has 3 saturated heterocycles. The molecule has 1 amide bonds. The van der Waals surface area contributed by atoms with Crippen LogP contribution in [-0.4, -0.2) is 76.7 Å². The van der Waals surface area contributed by atoms with Gasteiger partial charge in [-0.2, -0.15) is 0 Å². The number of anilines is 1. The van der Waals surface area contributed by atoms with Crippen molar-refractivity contribution in [3.05, 3.63) is 118 Å². The number of hydrogen-bond acceptors (Lipinski definition) is 9. The van der Waals surface area contributed by atoms with Crippen LogP contribution in [0.3, 0.4) is 0 Å². The van der Waals surface area contributed by atoms with E-state index in [1.807, 2.05) is 28.9 Å². The zero-order chi connectivity index (χ0) is 42.0. The van der Waals surface area contributed by atoms with Crippen LogP contribution in [0.4, 0.5) is 10.5 Å². The molecule has 2 atom stereocenters. The number of phenols is 1. The first-order chi connectivity index (χ1) is 28.8. The Hall–Kier alpha value is -5.34. The van der Waals surface area contributed by atoms with Gasteiger partial charge in [0.25, 0.3) is 0 Å². The summed E-state index contributed by atoms with van der Waals surface area (Å²) in [5.74, 6) is 0.473. The van der Waals surface area contributed by atoms with Gasteiger partial charge in [0.15, 0.2) is 8.32 Å². The quantitative estimate of drug-likeness (QED) is 0.0792. The van der Waals surface area contributed by atoms with Crippen LogP contribution in [0.15, 0.2) is 95.8 Å². The van der Waals surface area contributed by atoms with E-state index in [1.165, 1.54) is 6.07 Å². The molecule has 314 valence electrons. The molecule has 0 unspecified atom stereocenters. The minimum absolute atomic E-state index is 0.0153. The number of aromatic nitrogens is 4. The Labute approximate surface area is 352 Å². The predicted molar refractivity (Wildman–Crippen MR) is 240 cm³/mol. The molecular weight excluding hydrogens is 771 g/mol. The summed E-state index contributed by atoms with van der Waals surface area (Å²) < 4.78 is 14.9. The first-order valence-corrected chi connectivity index (χ1v) is 24.2. The SMILES string of the molecule is CC(C)(C)[Si](C)(C)O[C@@H](CNCc1ccc2c(c1)nnn2CCCc1ccc(-c2ccccc2)c(NC(=O)O[C@H]2CN3CCC2CC3)c1)c1ccc(O)c2[nH]c(=O)ccc12. The number of aryl methyl sites for hydroxylation is 2. The highest BCUT2D eigenvalue weighted by molar-refractivity contribution is 6.74. The van der Waals surface area contributed by atoms with Crippen LogP contribution in [0.25, 0.3) is 33.1 Å². The molecular formula is C47H57N7O5Si. The number of rotatable bonds is 14. The third-order valence-electron chi connectivity index (χ3n) is 12.8. The van der Waals surface area contributed by atoms with Crippen molar-refractivity contribution >= 4 is 42.0 Å². The minimum atomic E-state index is -2.21. The Bertz CT molecular complexity index is 2520. The molecule has 2 aromatic heterocycles. The Morgan fingerprint density at radius 1 is 0.983 bits per heavy atom. The maximum atomic E-state index is 13.3. The van der Waals surface area contributed by atoms with Crippen molar-refractivity contribution in [3.63, 3.8) is 0 Å². The number of pyridine rings is 1. The fourth-order valence-electron chi connectivity index (χ4n) is 8.40. The average molecular weight is 828 g/mol. The molecule has 9 rings (SSSR count). The van der Waals surface area contributed by atoms with Crippen LogP contribution >= 0.6 is 0 Å². The summed E-state index contributed by atoms with van der Waals surface area (Å²) >= 11 is 0. The number of benzene rings is 4. The summed E-state index contributed by atoms with van der Waals surface area (Å²) in [7, 11) is -2.21. The molecule has 6 aromatic rings. The number of nitrogens with one attached hydrogen (secondary N) is 3. The van der Waals surface area contributed by atoms with Crippen molar-refractivity contribution in [1.29, 1.82) is 0 Å². The number of fused-ring (bicyclic) bond motifs is 5. The van der Waals surface area contributed by atoms with E-state index >= 15 is 0 Å². The summed E-state index contributed by atoms with van der Waals surface area (Å²) in [6.07, 6.45) is 3.04. The van der Waals surface area contributed by atoms with Gasteiger partial charge in [0, 0.05) is 43.2 Å². The van der Waals surface area contributed by atoms with Gasteiger partial charge in [0.1, 0.15) is 17.4 Å². The van der Waals surface area contributed by atoms with Crippen LogP contribution in [0.5, 0.6) is 5.75 Å². The van der Waals surface area contributed by atoms with E-state index in [2.05, 4.69) is 113 Å². The Morgan fingerprint density at radius 2 is 1.77 bits per heavy atom. The molecule has 60 heavy (non-hydrogen) atoms. The van der Waals surface area contributed by atoms with Crippen molar-refractivity contribution in [2.75, 3.05) is 31.5 Å². The van der Waals surface area contributed by atoms with Crippen LogP contribution in [-0.2, 0) is 28.7 Å². The summed E-state index contributed by atoms with van der Waals surface area (Å²) in [5.41, 5.74) is 7.81. The number of ether oxygens (including phenoxy) is 1. The first-order valence-electron chi connectivity index (χ1n) is 21.3. The monoisotopic (exact) mass is 827 g/mol.